The molecule has 0 radical (unpaired) electrons. The van der Waals surface area contributed by atoms with Gasteiger partial charge in [-0.2, -0.15) is 8.78 Å². The zero-order chi connectivity index (χ0) is 19.0. The maximum Gasteiger partial charge on any atom is 0.288 e. The first-order valence-electron chi connectivity index (χ1n) is 9.55. The number of nitrogens with one attached hydrogen (secondary N) is 2. The molecule has 2 N–H and O–H groups in total. The van der Waals surface area contributed by atoms with Gasteiger partial charge in [-0.25, -0.2) is 0 Å². The van der Waals surface area contributed by atoms with Crippen LogP contribution in [0, 0.1) is 23.2 Å². The predicted octanol–water partition coefficient (Wildman–Crippen LogP) is 4.27. The molecule has 0 spiro atoms. The molecular weight excluding hydrogens is 370 g/mol. The summed E-state index contributed by atoms with van der Waals surface area (Å²) in [6, 6.07) is 6.26. The highest BCUT2D eigenvalue weighted by Crippen LogP contribution is 2.60. The van der Waals surface area contributed by atoms with Crippen LogP contribution in [0.1, 0.15) is 38.5 Å². The van der Waals surface area contributed by atoms with Gasteiger partial charge in [-0.3, -0.25) is 9.59 Å². The number of hydrogen-bond donors (Lipinski definition) is 2. The van der Waals surface area contributed by atoms with E-state index in [4.69, 9.17) is 0 Å². The fourth-order valence-corrected chi connectivity index (χ4v) is 6.16. The zero-order valence-electron chi connectivity index (χ0n) is 15.0. The number of thioether (sulfide) groups is 1. The van der Waals surface area contributed by atoms with Crippen LogP contribution in [0.3, 0.4) is 0 Å². The monoisotopic (exact) mass is 394 g/mol. The molecule has 2 amide bonds. The van der Waals surface area contributed by atoms with Crippen LogP contribution in [0.4, 0.5) is 14.5 Å². The molecule has 0 aromatic heterocycles. The van der Waals surface area contributed by atoms with Gasteiger partial charge in [-0.1, -0.05) is 11.8 Å². The van der Waals surface area contributed by atoms with E-state index in [1.165, 1.54) is 19.3 Å². The van der Waals surface area contributed by atoms with Gasteiger partial charge in [0.05, 0.1) is 6.54 Å². The van der Waals surface area contributed by atoms with Crippen molar-refractivity contribution in [2.45, 2.75) is 49.2 Å². The van der Waals surface area contributed by atoms with Crippen LogP contribution < -0.4 is 10.6 Å². The van der Waals surface area contributed by atoms with Crippen LogP contribution in [0.2, 0.25) is 0 Å². The molecule has 1 aromatic rings. The van der Waals surface area contributed by atoms with Gasteiger partial charge in [0.25, 0.3) is 5.76 Å². The van der Waals surface area contributed by atoms with E-state index in [1.54, 1.807) is 24.3 Å². The minimum Gasteiger partial charge on any atom is -0.347 e. The molecule has 0 aliphatic heterocycles. The van der Waals surface area contributed by atoms with E-state index in [0.29, 0.717) is 40.1 Å². The van der Waals surface area contributed by atoms with Crippen LogP contribution >= 0.6 is 11.8 Å². The molecule has 4 bridgehead atoms. The van der Waals surface area contributed by atoms with Gasteiger partial charge >= 0.3 is 0 Å². The van der Waals surface area contributed by atoms with Gasteiger partial charge in [0.2, 0.25) is 11.8 Å². The van der Waals surface area contributed by atoms with E-state index < -0.39 is 5.76 Å². The van der Waals surface area contributed by atoms with Gasteiger partial charge in [-0.05, 0) is 80.5 Å². The Kier molecular flexibility index (Phi) is 5.14. The summed E-state index contributed by atoms with van der Waals surface area (Å²) < 4.78 is 24.7. The predicted molar refractivity (Wildman–Crippen MR) is 101 cm³/mol. The first-order valence-corrected chi connectivity index (χ1v) is 10.4. The third kappa shape index (κ3) is 4.13. The smallest absolute Gasteiger partial charge is 0.288 e. The van der Waals surface area contributed by atoms with Gasteiger partial charge < -0.3 is 10.6 Å². The Morgan fingerprint density at radius 1 is 1.04 bits per heavy atom. The Labute approximate surface area is 161 Å². The first-order chi connectivity index (χ1) is 12.9. The molecule has 4 fully saturated rings. The second-order valence-electron chi connectivity index (χ2n) is 8.33. The van der Waals surface area contributed by atoms with Crippen LogP contribution in [0.25, 0.3) is 0 Å². The van der Waals surface area contributed by atoms with Gasteiger partial charge in [-0.15, -0.1) is 0 Å². The summed E-state index contributed by atoms with van der Waals surface area (Å²) in [4.78, 5) is 25.4. The number of benzene rings is 1. The number of alkyl halides is 2. The molecule has 0 atom stereocenters. The second-order valence-corrected chi connectivity index (χ2v) is 9.40. The van der Waals surface area contributed by atoms with Crippen LogP contribution in [0.15, 0.2) is 29.2 Å². The van der Waals surface area contributed by atoms with Gasteiger partial charge in [0.1, 0.15) is 0 Å². The Bertz CT molecular complexity index is 688. The average Bonchev–Trinajstić information content (AvgIpc) is 2.60. The van der Waals surface area contributed by atoms with Gasteiger partial charge in [0.15, 0.2) is 0 Å². The van der Waals surface area contributed by atoms with E-state index >= 15 is 0 Å². The molecule has 4 nitrogen and oxygen atoms in total. The summed E-state index contributed by atoms with van der Waals surface area (Å²) >= 11 is 0.464. The number of rotatable bonds is 6. The highest BCUT2D eigenvalue weighted by Gasteiger charge is 2.54. The van der Waals surface area contributed by atoms with Crippen LogP contribution in [-0.2, 0) is 9.59 Å². The Balaban J connectivity index is 1.28. The van der Waals surface area contributed by atoms with E-state index in [2.05, 4.69) is 10.6 Å². The lowest BCUT2D eigenvalue weighted by Gasteiger charge is -2.55. The largest absolute Gasteiger partial charge is 0.347 e. The summed E-state index contributed by atoms with van der Waals surface area (Å²) in [6.07, 6.45) is 6.72. The van der Waals surface area contributed by atoms with E-state index in [1.807, 2.05) is 0 Å². The Morgan fingerprint density at radius 2 is 1.59 bits per heavy atom. The first kappa shape index (κ1) is 18.7. The summed E-state index contributed by atoms with van der Waals surface area (Å²) in [5, 5.41) is 5.54. The number of hydrogen-bond acceptors (Lipinski definition) is 3. The standard InChI is InChI=1S/C20H24F2N2O2S/c21-19(22)27-16-3-1-15(2-4-16)24-17(25)11-23-18(26)20-8-12-5-13(9-20)7-14(6-12)10-20/h1-4,12-14,19H,5-11H2,(H,23,26)(H,24,25). The number of carbonyl (C=O) groups is 2. The van der Waals surface area contributed by atoms with Gasteiger partial charge in [0, 0.05) is 16.0 Å². The fourth-order valence-electron chi connectivity index (χ4n) is 5.66. The average molecular weight is 394 g/mol. The van der Waals surface area contributed by atoms with Crippen molar-refractivity contribution in [2.24, 2.45) is 23.2 Å². The molecule has 27 heavy (non-hydrogen) atoms. The molecular formula is C20H24F2N2O2S. The molecule has 4 aliphatic carbocycles. The lowest BCUT2D eigenvalue weighted by atomic mass is 9.49. The topological polar surface area (TPSA) is 58.2 Å². The highest BCUT2D eigenvalue weighted by atomic mass is 32.2. The molecule has 5 rings (SSSR count). The van der Waals surface area contributed by atoms with Crippen LogP contribution in [-0.4, -0.2) is 24.1 Å². The SMILES string of the molecule is O=C(CNC(=O)C12CC3CC(CC(C3)C1)C2)Nc1ccc(SC(F)F)cc1. The Hall–Kier alpha value is -1.63. The van der Waals surface area contributed by atoms with Crippen molar-refractivity contribution in [1.29, 1.82) is 0 Å². The maximum atomic E-state index is 12.8. The molecule has 1 aromatic carbocycles. The van der Waals surface area contributed by atoms with Crippen molar-refractivity contribution in [1.82, 2.24) is 5.32 Å². The summed E-state index contributed by atoms with van der Waals surface area (Å²) in [5.41, 5.74) is 0.270. The van der Waals surface area contributed by atoms with E-state index in [-0.39, 0.29) is 23.8 Å². The third-order valence-corrected chi connectivity index (χ3v) is 7.02. The van der Waals surface area contributed by atoms with Crippen molar-refractivity contribution < 1.29 is 18.4 Å². The lowest BCUT2D eigenvalue weighted by Crippen LogP contribution is -2.54. The third-order valence-electron chi connectivity index (χ3n) is 6.29. The summed E-state index contributed by atoms with van der Waals surface area (Å²) in [7, 11) is 0. The molecule has 4 saturated carbocycles. The van der Waals surface area contributed by atoms with Crippen molar-refractivity contribution in [3.8, 4) is 0 Å². The summed E-state index contributed by atoms with van der Waals surface area (Å²) in [6.45, 7) is -0.0614. The number of carbonyl (C=O) groups excluding carboxylic acids is 2. The second kappa shape index (κ2) is 7.41. The fraction of sp³-hybridized carbons (Fsp3) is 0.600. The van der Waals surface area contributed by atoms with E-state index in [9.17, 15) is 18.4 Å². The highest BCUT2D eigenvalue weighted by molar-refractivity contribution is 7.99. The maximum absolute atomic E-state index is 12.8. The molecule has 7 heteroatoms. The molecule has 0 heterocycles. The van der Waals surface area contributed by atoms with Crippen molar-refractivity contribution in [3.05, 3.63) is 24.3 Å². The molecule has 0 saturated heterocycles. The van der Waals surface area contributed by atoms with Crippen molar-refractivity contribution in [3.63, 3.8) is 0 Å². The Morgan fingerprint density at radius 3 is 2.11 bits per heavy atom. The quantitative estimate of drug-likeness (QED) is 0.709. The normalized spacial score (nSPS) is 31.1. The van der Waals surface area contributed by atoms with Crippen molar-refractivity contribution in [2.75, 3.05) is 11.9 Å². The number of anilines is 1. The lowest BCUT2D eigenvalue weighted by molar-refractivity contribution is -0.146. The minimum absolute atomic E-state index is 0.0282. The molecule has 4 aliphatic rings. The zero-order valence-corrected chi connectivity index (χ0v) is 15.9. The molecule has 0 unspecified atom stereocenters. The number of halogens is 2. The number of amides is 2. The van der Waals surface area contributed by atoms with E-state index in [0.717, 1.165) is 19.3 Å². The van der Waals surface area contributed by atoms with Crippen molar-refractivity contribution >= 4 is 29.3 Å². The summed E-state index contributed by atoms with van der Waals surface area (Å²) in [5.74, 6) is -0.700. The molecule has 146 valence electrons. The minimum atomic E-state index is -2.47. The van der Waals surface area contributed by atoms with Crippen LogP contribution in [0.5, 0.6) is 0 Å².